The van der Waals surface area contributed by atoms with Crippen LogP contribution in [-0.2, 0) is 6.42 Å². The molecule has 2 nitrogen and oxygen atoms in total. The number of nitrogens with zero attached hydrogens (tertiary/aromatic N) is 2. The van der Waals surface area contributed by atoms with Crippen LogP contribution >= 0.6 is 23.2 Å². The number of aromatic nitrogens is 2. The smallest absolute Gasteiger partial charge is 0.110 e. The third-order valence-electron chi connectivity index (χ3n) is 3.42. The third kappa shape index (κ3) is 2.36. The number of fused-ring (bicyclic) bond motifs is 1. The average molecular weight is 283 g/mol. The van der Waals surface area contributed by atoms with E-state index in [0.717, 1.165) is 35.7 Å². The van der Waals surface area contributed by atoms with Crippen molar-refractivity contribution in [2.24, 2.45) is 0 Å². The highest BCUT2D eigenvalue weighted by Crippen LogP contribution is 2.39. The van der Waals surface area contributed by atoms with Crippen molar-refractivity contribution in [1.29, 1.82) is 0 Å². The largest absolute Gasteiger partial charge is 0.325 e. The van der Waals surface area contributed by atoms with Crippen LogP contribution in [0.3, 0.4) is 0 Å². The molecular weight excluding hydrogens is 267 g/mol. The molecule has 3 rings (SSSR count). The van der Waals surface area contributed by atoms with Crippen molar-refractivity contribution in [1.82, 2.24) is 9.55 Å². The Bertz CT molecular complexity index is 558. The minimum Gasteiger partial charge on any atom is -0.325 e. The van der Waals surface area contributed by atoms with Gasteiger partial charge in [-0.05, 0) is 43.9 Å². The molecular formula is C14H16Cl2N2. The van der Waals surface area contributed by atoms with Crippen molar-refractivity contribution in [3.8, 4) is 0 Å². The molecule has 1 heterocycles. The molecule has 0 radical (unpaired) electrons. The van der Waals surface area contributed by atoms with E-state index in [1.54, 1.807) is 0 Å². The van der Waals surface area contributed by atoms with E-state index in [4.69, 9.17) is 28.2 Å². The standard InChI is InChI=1S/C14H16Cl2N2/c15-8-2-1-3-14-17-12-7-4-10(16)9-13(12)18(14)11-5-6-11/h4,7,9,11H,1-3,5-6,8H2. The van der Waals surface area contributed by atoms with Gasteiger partial charge in [0.2, 0.25) is 0 Å². The Morgan fingerprint density at radius 2 is 2.11 bits per heavy atom. The summed E-state index contributed by atoms with van der Waals surface area (Å²) in [6.07, 6.45) is 5.69. The highest BCUT2D eigenvalue weighted by Gasteiger charge is 2.27. The van der Waals surface area contributed by atoms with Gasteiger partial charge in [0.1, 0.15) is 5.82 Å². The molecule has 1 aliphatic rings. The van der Waals surface area contributed by atoms with Gasteiger partial charge in [-0.1, -0.05) is 11.6 Å². The zero-order valence-corrected chi connectivity index (χ0v) is 11.7. The lowest BCUT2D eigenvalue weighted by Crippen LogP contribution is -2.01. The molecule has 0 aliphatic heterocycles. The third-order valence-corrected chi connectivity index (χ3v) is 3.92. The van der Waals surface area contributed by atoms with E-state index >= 15 is 0 Å². The van der Waals surface area contributed by atoms with Crippen molar-refractivity contribution in [2.45, 2.75) is 38.1 Å². The first-order valence-electron chi connectivity index (χ1n) is 6.52. The van der Waals surface area contributed by atoms with Crippen LogP contribution < -0.4 is 0 Å². The number of rotatable bonds is 5. The molecule has 2 aromatic rings. The number of imidazole rings is 1. The molecule has 0 N–H and O–H groups in total. The van der Waals surface area contributed by atoms with E-state index in [1.165, 1.54) is 24.2 Å². The van der Waals surface area contributed by atoms with Gasteiger partial charge in [-0.25, -0.2) is 4.98 Å². The zero-order chi connectivity index (χ0) is 12.5. The summed E-state index contributed by atoms with van der Waals surface area (Å²) in [6.45, 7) is 0. The Hall–Kier alpha value is -0.730. The molecule has 1 aliphatic carbocycles. The fourth-order valence-corrected chi connectivity index (χ4v) is 2.77. The van der Waals surface area contributed by atoms with Crippen molar-refractivity contribution in [3.63, 3.8) is 0 Å². The SMILES string of the molecule is ClCCCCc1nc2ccc(Cl)cc2n1C1CC1. The van der Waals surface area contributed by atoms with Gasteiger partial charge in [-0.2, -0.15) is 0 Å². The van der Waals surface area contributed by atoms with Crippen LogP contribution in [0.15, 0.2) is 18.2 Å². The van der Waals surface area contributed by atoms with Crippen LogP contribution in [-0.4, -0.2) is 15.4 Å². The van der Waals surface area contributed by atoms with E-state index in [2.05, 4.69) is 4.57 Å². The maximum atomic E-state index is 6.09. The van der Waals surface area contributed by atoms with Gasteiger partial charge < -0.3 is 4.57 Å². The van der Waals surface area contributed by atoms with Crippen molar-refractivity contribution >= 4 is 34.2 Å². The van der Waals surface area contributed by atoms with Gasteiger partial charge in [0.15, 0.2) is 0 Å². The monoisotopic (exact) mass is 282 g/mol. The first-order valence-corrected chi connectivity index (χ1v) is 7.43. The van der Waals surface area contributed by atoms with E-state index < -0.39 is 0 Å². The molecule has 18 heavy (non-hydrogen) atoms. The van der Waals surface area contributed by atoms with Gasteiger partial charge in [0.25, 0.3) is 0 Å². The molecule has 1 saturated carbocycles. The summed E-state index contributed by atoms with van der Waals surface area (Å²) in [5.74, 6) is 1.93. The average Bonchev–Trinajstić information content (AvgIpc) is 3.12. The summed E-state index contributed by atoms with van der Waals surface area (Å²) in [6, 6.07) is 6.60. The summed E-state index contributed by atoms with van der Waals surface area (Å²) < 4.78 is 2.38. The molecule has 0 amide bonds. The summed E-state index contributed by atoms with van der Waals surface area (Å²) in [4.78, 5) is 4.75. The second-order valence-electron chi connectivity index (χ2n) is 4.91. The van der Waals surface area contributed by atoms with E-state index in [9.17, 15) is 0 Å². The molecule has 0 saturated heterocycles. The van der Waals surface area contributed by atoms with Gasteiger partial charge in [-0.3, -0.25) is 0 Å². The number of unbranched alkanes of at least 4 members (excludes halogenated alkanes) is 1. The Labute approximate surface area is 117 Å². The normalized spacial score (nSPS) is 15.4. The van der Waals surface area contributed by atoms with Crippen LogP contribution in [0, 0.1) is 0 Å². The van der Waals surface area contributed by atoms with Crippen molar-refractivity contribution < 1.29 is 0 Å². The Kier molecular flexibility index (Phi) is 3.49. The van der Waals surface area contributed by atoms with E-state index in [-0.39, 0.29) is 0 Å². The highest BCUT2D eigenvalue weighted by atomic mass is 35.5. The highest BCUT2D eigenvalue weighted by molar-refractivity contribution is 6.31. The lowest BCUT2D eigenvalue weighted by Gasteiger charge is -2.07. The minimum atomic E-state index is 0.638. The van der Waals surface area contributed by atoms with Gasteiger partial charge in [0, 0.05) is 23.4 Å². The molecule has 1 aromatic heterocycles. The number of hydrogen-bond acceptors (Lipinski definition) is 1. The van der Waals surface area contributed by atoms with Crippen molar-refractivity contribution in [3.05, 3.63) is 29.0 Å². The van der Waals surface area contributed by atoms with Crippen molar-refractivity contribution in [2.75, 3.05) is 5.88 Å². The van der Waals surface area contributed by atoms with E-state index in [1.807, 2.05) is 18.2 Å². The molecule has 0 unspecified atom stereocenters. The Balaban J connectivity index is 1.98. The molecule has 0 spiro atoms. The molecule has 0 atom stereocenters. The zero-order valence-electron chi connectivity index (χ0n) is 10.2. The molecule has 4 heteroatoms. The fourth-order valence-electron chi connectivity index (χ4n) is 2.41. The fraction of sp³-hybridized carbons (Fsp3) is 0.500. The van der Waals surface area contributed by atoms with Crippen LogP contribution in [0.1, 0.15) is 37.5 Å². The number of benzene rings is 1. The lowest BCUT2D eigenvalue weighted by molar-refractivity contribution is 0.665. The molecule has 1 fully saturated rings. The number of alkyl halides is 1. The first kappa shape index (κ1) is 12.3. The quantitative estimate of drug-likeness (QED) is 0.580. The van der Waals surface area contributed by atoms with E-state index in [0.29, 0.717) is 6.04 Å². The summed E-state index contributed by atoms with van der Waals surface area (Å²) in [5.41, 5.74) is 2.25. The Morgan fingerprint density at radius 3 is 2.83 bits per heavy atom. The molecule has 0 bridgehead atoms. The maximum absolute atomic E-state index is 6.09. The second-order valence-corrected chi connectivity index (χ2v) is 5.72. The summed E-state index contributed by atoms with van der Waals surface area (Å²) >= 11 is 11.8. The predicted molar refractivity (Wildman–Crippen MR) is 76.7 cm³/mol. The second kappa shape index (κ2) is 5.10. The van der Waals surface area contributed by atoms with Gasteiger partial charge >= 0.3 is 0 Å². The number of hydrogen-bond donors (Lipinski definition) is 0. The van der Waals surface area contributed by atoms with Crippen LogP contribution in [0.2, 0.25) is 5.02 Å². The van der Waals surface area contributed by atoms with Crippen LogP contribution in [0.5, 0.6) is 0 Å². The topological polar surface area (TPSA) is 17.8 Å². The maximum Gasteiger partial charge on any atom is 0.110 e. The van der Waals surface area contributed by atoms with Gasteiger partial charge in [-0.15, -0.1) is 11.6 Å². The predicted octanol–water partition coefficient (Wildman–Crippen LogP) is 4.59. The minimum absolute atomic E-state index is 0.638. The van der Waals surface area contributed by atoms with Crippen LogP contribution in [0.4, 0.5) is 0 Å². The molecule has 96 valence electrons. The first-order chi connectivity index (χ1) is 8.79. The number of aryl methyl sites for hydroxylation is 1. The van der Waals surface area contributed by atoms with Crippen LogP contribution in [0.25, 0.3) is 11.0 Å². The summed E-state index contributed by atoms with van der Waals surface area (Å²) in [5, 5.41) is 0.789. The Morgan fingerprint density at radius 1 is 1.28 bits per heavy atom. The summed E-state index contributed by atoms with van der Waals surface area (Å²) in [7, 11) is 0. The van der Waals surface area contributed by atoms with Gasteiger partial charge in [0.05, 0.1) is 11.0 Å². The molecule has 1 aromatic carbocycles. The number of halogens is 2. The lowest BCUT2D eigenvalue weighted by atomic mass is 10.2.